The van der Waals surface area contributed by atoms with Gasteiger partial charge in [0.2, 0.25) is 0 Å². The minimum atomic E-state index is -0.574. The van der Waals surface area contributed by atoms with Crippen LogP contribution in [-0.4, -0.2) is 10.7 Å². The van der Waals surface area contributed by atoms with Crippen LogP contribution in [0.2, 0.25) is 0 Å². The predicted octanol–water partition coefficient (Wildman–Crippen LogP) is 3.84. The molecule has 0 amide bonds. The maximum Gasteiger partial charge on any atom is 0.0628 e. The summed E-state index contributed by atoms with van der Waals surface area (Å²) in [6, 6.07) is 0. The number of hydrogen-bond acceptors (Lipinski definition) is 1. The van der Waals surface area contributed by atoms with Gasteiger partial charge in [0.25, 0.3) is 0 Å². The zero-order valence-electron chi connectivity index (χ0n) is 10.1. The minimum Gasteiger partial charge on any atom is -0.390 e. The highest BCUT2D eigenvalue weighted by Gasteiger charge is 2.12. The fraction of sp³-hybridized carbons (Fsp3) is 0.692. The van der Waals surface area contributed by atoms with Gasteiger partial charge in [-0.05, 0) is 53.4 Å². The molecule has 0 saturated heterocycles. The van der Waals surface area contributed by atoms with Crippen LogP contribution in [0, 0.1) is 0 Å². The molecule has 0 atom stereocenters. The Morgan fingerprint density at radius 2 is 1.93 bits per heavy atom. The molecule has 1 nitrogen and oxygen atoms in total. The fourth-order valence-corrected chi connectivity index (χ4v) is 1.51. The van der Waals surface area contributed by atoms with E-state index >= 15 is 0 Å². The average Bonchev–Trinajstić information content (AvgIpc) is 1.94. The Labute approximate surface area is 88.5 Å². The van der Waals surface area contributed by atoms with E-state index in [1.165, 1.54) is 17.6 Å². The maximum atomic E-state index is 9.58. The van der Waals surface area contributed by atoms with Gasteiger partial charge in [-0.15, -0.1) is 6.58 Å². The van der Waals surface area contributed by atoms with Crippen molar-refractivity contribution in [2.24, 2.45) is 0 Å². The van der Waals surface area contributed by atoms with Crippen molar-refractivity contribution >= 4 is 0 Å². The smallest absolute Gasteiger partial charge is 0.0628 e. The second-order valence-electron chi connectivity index (χ2n) is 4.89. The third-order valence-corrected chi connectivity index (χ3v) is 2.01. The van der Waals surface area contributed by atoms with E-state index in [9.17, 15) is 5.11 Å². The molecule has 0 aliphatic rings. The summed E-state index contributed by atoms with van der Waals surface area (Å²) < 4.78 is 0. The lowest BCUT2D eigenvalue weighted by Gasteiger charge is -2.17. The summed E-state index contributed by atoms with van der Waals surface area (Å²) in [7, 11) is 0. The third kappa shape index (κ3) is 9.53. The van der Waals surface area contributed by atoms with Gasteiger partial charge in [0, 0.05) is 0 Å². The molecule has 1 N–H and O–H groups in total. The summed E-state index contributed by atoms with van der Waals surface area (Å²) in [6.07, 6.45) is 6.35. The van der Waals surface area contributed by atoms with Crippen molar-refractivity contribution in [3.8, 4) is 0 Å². The van der Waals surface area contributed by atoms with Crippen molar-refractivity contribution < 1.29 is 5.11 Å². The Bertz CT molecular complexity index is 206. The Morgan fingerprint density at radius 1 is 1.36 bits per heavy atom. The fourth-order valence-electron chi connectivity index (χ4n) is 1.51. The first-order chi connectivity index (χ1) is 6.31. The van der Waals surface area contributed by atoms with Crippen molar-refractivity contribution in [2.75, 3.05) is 0 Å². The quantitative estimate of drug-likeness (QED) is 0.505. The molecule has 0 saturated carbocycles. The van der Waals surface area contributed by atoms with Gasteiger partial charge in [-0.3, -0.25) is 0 Å². The van der Waals surface area contributed by atoms with Crippen LogP contribution in [0.15, 0.2) is 23.8 Å². The van der Waals surface area contributed by atoms with E-state index in [1.54, 1.807) is 0 Å². The molecule has 0 radical (unpaired) electrons. The largest absolute Gasteiger partial charge is 0.390 e. The molecule has 82 valence electrons. The summed E-state index contributed by atoms with van der Waals surface area (Å²) >= 11 is 0. The van der Waals surface area contributed by atoms with E-state index in [-0.39, 0.29) is 0 Å². The first-order valence-corrected chi connectivity index (χ1v) is 5.33. The van der Waals surface area contributed by atoms with Gasteiger partial charge in [0.05, 0.1) is 5.60 Å². The van der Waals surface area contributed by atoms with E-state index in [4.69, 9.17) is 0 Å². The van der Waals surface area contributed by atoms with E-state index in [2.05, 4.69) is 26.5 Å². The molecular weight excluding hydrogens is 172 g/mol. The monoisotopic (exact) mass is 196 g/mol. The second kappa shape index (κ2) is 6.02. The molecule has 0 aliphatic heterocycles. The number of rotatable bonds is 6. The summed E-state index contributed by atoms with van der Waals surface area (Å²) in [5, 5.41) is 9.58. The third-order valence-electron chi connectivity index (χ3n) is 2.01. The highest BCUT2D eigenvalue weighted by molar-refractivity contribution is 5.02. The van der Waals surface area contributed by atoms with E-state index in [0.29, 0.717) is 0 Å². The van der Waals surface area contributed by atoms with Crippen LogP contribution in [0.3, 0.4) is 0 Å². The topological polar surface area (TPSA) is 20.2 Å². The molecule has 0 unspecified atom stereocenters. The Balaban J connectivity index is 3.72. The summed E-state index contributed by atoms with van der Waals surface area (Å²) in [5.41, 5.74) is 1.95. The highest BCUT2D eigenvalue weighted by Crippen LogP contribution is 2.16. The number of hydrogen-bond donors (Lipinski definition) is 1. The van der Waals surface area contributed by atoms with Crippen molar-refractivity contribution in [2.45, 2.75) is 59.0 Å². The second-order valence-corrected chi connectivity index (χ2v) is 4.89. The van der Waals surface area contributed by atoms with Gasteiger partial charge in [0.1, 0.15) is 0 Å². The number of allylic oxidation sites excluding steroid dienone is 2. The molecule has 0 rings (SSSR count). The normalized spacial score (nSPS) is 13.1. The zero-order chi connectivity index (χ0) is 11.2. The van der Waals surface area contributed by atoms with Crippen LogP contribution in [0.5, 0.6) is 0 Å². The lowest BCUT2D eigenvalue weighted by atomic mass is 9.98. The van der Waals surface area contributed by atoms with Gasteiger partial charge in [-0.2, -0.15) is 0 Å². The van der Waals surface area contributed by atoms with Crippen LogP contribution in [0.4, 0.5) is 0 Å². The molecule has 0 bridgehead atoms. The van der Waals surface area contributed by atoms with Crippen LogP contribution >= 0.6 is 0 Å². The lowest BCUT2D eigenvalue weighted by molar-refractivity contribution is 0.0809. The summed E-state index contributed by atoms with van der Waals surface area (Å²) in [6.45, 7) is 11.7. The Morgan fingerprint density at radius 3 is 2.36 bits per heavy atom. The van der Waals surface area contributed by atoms with E-state index < -0.39 is 5.60 Å². The molecular formula is C13H24O. The van der Waals surface area contributed by atoms with Gasteiger partial charge < -0.3 is 5.11 Å². The molecule has 1 heteroatoms. The number of unbranched alkanes of at least 4 members (excludes halogenated alkanes) is 1. The number of aliphatic hydroxyl groups is 1. The van der Waals surface area contributed by atoms with E-state index in [0.717, 1.165) is 19.3 Å². The van der Waals surface area contributed by atoms with Gasteiger partial charge in [-0.1, -0.05) is 17.2 Å². The van der Waals surface area contributed by atoms with E-state index in [1.807, 2.05) is 13.8 Å². The van der Waals surface area contributed by atoms with Crippen molar-refractivity contribution in [1.29, 1.82) is 0 Å². The molecule has 0 aliphatic carbocycles. The molecule has 0 aromatic rings. The molecule has 0 aromatic carbocycles. The highest BCUT2D eigenvalue weighted by atomic mass is 16.3. The van der Waals surface area contributed by atoms with Crippen LogP contribution < -0.4 is 0 Å². The van der Waals surface area contributed by atoms with Crippen LogP contribution in [-0.2, 0) is 0 Å². The molecule has 0 aromatic heterocycles. The minimum absolute atomic E-state index is 0.574. The lowest BCUT2D eigenvalue weighted by Crippen LogP contribution is -2.18. The summed E-state index contributed by atoms with van der Waals surface area (Å²) in [4.78, 5) is 0. The molecule has 0 spiro atoms. The van der Waals surface area contributed by atoms with Crippen molar-refractivity contribution in [3.05, 3.63) is 23.8 Å². The molecule has 14 heavy (non-hydrogen) atoms. The average molecular weight is 196 g/mol. The molecule has 0 fully saturated rings. The zero-order valence-corrected chi connectivity index (χ0v) is 10.1. The first kappa shape index (κ1) is 13.4. The predicted molar refractivity (Wildman–Crippen MR) is 63.3 cm³/mol. The van der Waals surface area contributed by atoms with Gasteiger partial charge in [-0.25, -0.2) is 0 Å². The van der Waals surface area contributed by atoms with Gasteiger partial charge >= 0.3 is 0 Å². The molecule has 0 heterocycles. The van der Waals surface area contributed by atoms with Crippen LogP contribution in [0.1, 0.15) is 53.4 Å². The first-order valence-electron chi connectivity index (χ1n) is 5.33. The van der Waals surface area contributed by atoms with Gasteiger partial charge in [0.15, 0.2) is 0 Å². The van der Waals surface area contributed by atoms with Crippen LogP contribution in [0.25, 0.3) is 0 Å². The standard InChI is InChI=1S/C13H24O/c1-11(2)8-6-7-9-12(3)10-13(4,5)14/h9,14H,1,6-8,10H2,2-5H3. The SMILES string of the molecule is C=C(C)CCCC=C(C)CC(C)(C)O. The Hall–Kier alpha value is -0.560. The maximum absolute atomic E-state index is 9.58. The summed E-state index contributed by atoms with van der Waals surface area (Å²) in [5.74, 6) is 0. The van der Waals surface area contributed by atoms with Crippen molar-refractivity contribution in [1.82, 2.24) is 0 Å². The van der Waals surface area contributed by atoms with Crippen molar-refractivity contribution in [3.63, 3.8) is 0 Å². The Kier molecular flexibility index (Phi) is 5.78.